The van der Waals surface area contributed by atoms with Crippen molar-refractivity contribution < 1.29 is 13.2 Å². The molecule has 27 heavy (non-hydrogen) atoms. The van der Waals surface area contributed by atoms with Crippen molar-refractivity contribution in [3.63, 3.8) is 0 Å². The Hall–Kier alpha value is -1.93. The third-order valence-electron chi connectivity index (χ3n) is 4.80. The molecule has 8 heteroatoms. The van der Waals surface area contributed by atoms with Crippen LogP contribution in [0.5, 0.6) is 0 Å². The van der Waals surface area contributed by atoms with Gasteiger partial charge in [0.2, 0.25) is 10.0 Å². The zero-order valence-corrected chi connectivity index (χ0v) is 16.5. The molecule has 1 aliphatic rings. The maximum Gasteiger partial charge on any atom is 0.253 e. The van der Waals surface area contributed by atoms with E-state index < -0.39 is 10.0 Å². The summed E-state index contributed by atoms with van der Waals surface area (Å²) in [5, 5.41) is 5.10. The van der Waals surface area contributed by atoms with E-state index in [9.17, 15) is 13.2 Å². The lowest BCUT2D eigenvalue weighted by Gasteiger charge is -2.17. The first kappa shape index (κ1) is 21.4. The van der Waals surface area contributed by atoms with E-state index in [2.05, 4.69) is 12.1 Å². The van der Waals surface area contributed by atoms with Gasteiger partial charge in [0.25, 0.3) is 5.91 Å². The third kappa shape index (κ3) is 5.29. The highest BCUT2D eigenvalue weighted by Gasteiger charge is 2.35. The molecular formula is C19H24ClN3O3S. The van der Waals surface area contributed by atoms with Crippen LogP contribution in [0.25, 0.3) is 0 Å². The van der Waals surface area contributed by atoms with Crippen LogP contribution in [0.2, 0.25) is 0 Å². The summed E-state index contributed by atoms with van der Waals surface area (Å²) < 4.78 is 22.6. The molecule has 0 aliphatic carbocycles. The molecule has 4 N–H and O–H groups in total. The minimum absolute atomic E-state index is 0. The Morgan fingerprint density at radius 1 is 1.07 bits per heavy atom. The van der Waals surface area contributed by atoms with E-state index in [1.54, 1.807) is 29.2 Å². The number of hydrogen-bond donors (Lipinski definition) is 2. The van der Waals surface area contributed by atoms with Crippen LogP contribution in [0.1, 0.15) is 27.4 Å². The van der Waals surface area contributed by atoms with Crippen LogP contribution < -0.4 is 10.9 Å². The van der Waals surface area contributed by atoms with Gasteiger partial charge >= 0.3 is 0 Å². The summed E-state index contributed by atoms with van der Waals surface area (Å²) in [7, 11) is -3.64. The fraction of sp³-hybridized carbons (Fsp3) is 0.316. The number of rotatable bonds is 5. The molecule has 1 fully saturated rings. The van der Waals surface area contributed by atoms with Crippen molar-refractivity contribution in [3.05, 3.63) is 71.3 Å². The number of primary sulfonamides is 1. The molecule has 2 aromatic carbocycles. The summed E-state index contributed by atoms with van der Waals surface area (Å²) in [6.45, 7) is 1.70. The molecule has 0 spiro atoms. The molecule has 0 aromatic heterocycles. The highest BCUT2D eigenvalue weighted by atomic mass is 35.5. The summed E-state index contributed by atoms with van der Waals surface area (Å²) in [4.78, 5) is 14.7. The molecule has 6 nitrogen and oxygen atoms in total. The second-order valence-corrected chi connectivity index (χ2v) is 8.35. The monoisotopic (exact) mass is 409 g/mol. The lowest BCUT2D eigenvalue weighted by atomic mass is 9.89. The number of likely N-dealkylation sites (tertiary alicyclic amines) is 1. The van der Waals surface area contributed by atoms with Crippen LogP contribution in [0.15, 0.2) is 54.6 Å². The molecular weight excluding hydrogens is 386 g/mol. The SMILES string of the molecule is Cl.NC[C@@H]1CN(C(=O)c2cccc(CS(N)(=O)=O)c2)C[C@H]1c1ccccc1. The van der Waals surface area contributed by atoms with Crippen LogP contribution in [0.4, 0.5) is 0 Å². The molecule has 0 unspecified atom stereocenters. The molecule has 1 aliphatic heterocycles. The zero-order valence-electron chi connectivity index (χ0n) is 14.8. The van der Waals surface area contributed by atoms with Gasteiger partial charge in [-0.15, -0.1) is 12.4 Å². The van der Waals surface area contributed by atoms with Crippen LogP contribution in [-0.2, 0) is 15.8 Å². The first-order valence-electron chi connectivity index (χ1n) is 8.51. The van der Waals surface area contributed by atoms with Gasteiger partial charge in [-0.1, -0.05) is 42.5 Å². The average molecular weight is 410 g/mol. The van der Waals surface area contributed by atoms with Crippen molar-refractivity contribution >= 4 is 28.3 Å². The van der Waals surface area contributed by atoms with Gasteiger partial charge in [0.15, 0.2) is 0 Å². The summed E-state index contributed by atoms with van der Waals surface area (Å²) in [5.41, 5.74) is 8.09. The third-order valence-corrected chi connectivity index (χ3v) is 5.54. The van der Waals surface area contributed by atoms with Crippen molar-refractivity contribution in [2.24, 2.45) is 16.8 Å². The quantitative estimate of drug-likeness (QED) is 0.783. The molecule has 0 radical (unpaired) electrons. The zero-order chi connectivity index (χ0) is 18.7. The normalized spacial score (nSPS) is 19.6. The second kappa shape index (κ2) is 8.84. The first-order valence-corrected chi connectivity index (χ1v) is 10.2. The number of nitrogens with two attached hydrogens (primary N) is 2. The van der Waals surface area contributed by atoms with Gasteiger partial charge in [0.1, 0.15) is 0 Å². The largest absolute Gasteiger partial charge is 0.338 e. The molecule has 0 saturated carbocycles. The Balaban J connectivity index is 0.00000261. The topological polar surface area (TPSA) is 106 Å². The van der Waals surface area contributed by atoms with E-state index in [0.29, 0.717) is 30.8 Å². The van der Waals surface area contributed by atoms with Gasteiger partial charge < -0.3 is 10.6 Å². The van der Waals surface area contributed by atoms with E-state index in [1.165, 1.54) is 5.56 Å². The Morgan fingerprint density at radius 3 is 2.41 bits per heavy atom. The van der Waals surface area contributed by atoms with Gasteiger partial charge in [-0.2, -0.15) is 0 Å². The Labute approximate surface area is 166 Å². The summed E-state index contributed by atoms with van der Waals surface area (Å²) in [5.74, 6) is 0.0106. The fourth-order valence-electron chi connectivity index (χ4n) is 3.56. The predicted octanol–water partition coefficient (Wildman–Crippen LogP) is 1.71. The lowest BCUT2D eigenvalue weighted by molar-refractivity contribution is 0.0786. The van der Waals surface area contributed by atoms with Gasteiger partial charge in [0.05, 0.1) is 5.75 Å². The predicted molar refractivity (Wildman–Crippen MR) is 108 cm³/mol. The van der Waals surface area contributed by atoms with Gasteiger partial charge in [0, 0.05) is 24.6 Å². The summed E-state index contributed by atoms with van der Waals surface area (Å²) in [6.07, 6.45) is 0. The van der Waals surface area contributed by atoms with Crippen molar-refractivity contribution in [2.45, 2.75) is 11.7 Å². The molecule has 2 aromatic rings. The number of hydrogen-bond acceptors (Lipinski definition) is 4. The van der Waals surface area contributed by atoms with E-state index in [1.807, 2.05) is 18.2 Å². The van der Waals surface area contributed by atoms with Crippen molar-refractivity contribution in [1.82, 2.24) is 4.90 Å². The fourth-order valence-corrected chi connectivity index (χ4v) is 4.21. The molecule has 1 heterocycles. The van der Waals surface area contributed by atoms with Crippen molar-refractivity contribution in [1.29, 1.82) is 0 Å². The smallest absolute Gasteiger partial charge is 0.253 e. The van der Waals surface area contributed by atoms with E-state index >= 15 is 0 Å². The summed E-state index contributed by atoms with van der Waals surface area (Å²) in [6, 6.07) is 16.7. The molecule has 1 amide bonds. The highest BCUT2D eigenvalue weighted by molar-refractivity contribution is 7.88. The minimum Gasteiger partial charge on any atom is -0.338 e. The molecule has 3 rings (SSSR count). The van der Waals surface area contributed by atoms with E-state index in [0.717, 1.165) is 0 Å². The number of halogens is 1. The lowest BCUT2D eigenvalue weighted by Crippen LogP contribution is -2.30. The molecule has 0 bridgehead atoms. The van der Waals surface area contributed by atoms with Gasteiger partial charge in [-0.05, 0) is 35.7 Å². The van der Waals surface area contributed by atoms with Gasteiger partial charge in [-0.25, -0.2) is 13.6 Å². The van der Waals surface area contributed by atoms with Crippen LogP contribution in [0, 0.1) is 5.92 Å². The minimum atomic E-state index is -3.64. The Morgan fingerprint density at radius 2 is 1.78 bits per heavy atom. The second-order valence-electron chi connectivity index (χ2n) is 6.73. The molecule has 146 valence electrons. The van der Waals surface area contributed by atoms with Crippen LogP contribution >= 0.6 is 12.4 Å². The average Bonchev–Trinajstić information content (AvgIpc) is 3.05. The van der Waals surface area contributed by atoms with Gasteiger partial charge in [-0.3, -0.25) is 4.79 Å². The molecule has 1 saturated heterocycles. The first-order chi connectivity index (χ1) is 12.4. The Bertz CT molecular complexity index is 890. The number of benzene rings is 2. The number of nitrogens with zero attached hydrogens (tertiary/aromatic N) is 1. The van der Waals surface area contributed by atoms with E-state index in [4.69, 9.17) is 10.9 Å². The summed E-state index contributed by atoms with van der Waals surface area (Å²) >= 11 is 0. The maximum atomic E-state index is 12.9. The van der Waals surface area contributed by atoms with Crippen LogP contribution in [0.3, 0.4) is 0 Å². The number of carbonyl (C=O) groups is 1. The highest BCUT2D eigenvalue weighted by Crippen LogP contribution is 2.32. The Kier molecular flexibility index (Phi) is 7.00. The maximum absolute atomic E-state index is 12.9. The van der Waals surface area contributed by atoms with E-state index in [-0.39, 0.29) is 35.9 Å². The number of amides is 1. The molecule has 2 atom stereocenters. The standard InChI is InChI=1S/C19H23N3O3S.ClH/c20-10-17-11-22(12-18(17)15-6-2-1-3-7-15)19(23)16-8-4-5-14(9-16)13-26(21,24)25;/h1-9,17-18H,10-13,20H2,(H2,21,24,25);1H/t17-,18+;/m1./s1. The van der Waals surface area contributed by atoms with Crippen molar-refractivity contribution in [3.8, 4) is 0 Å². The van der Waals surface area contributed by atoms with Crippen molar-refractivity contribution in [2.75, 3.05) is 19.6 Å². The number of sulfonamides is 1. The van der Waals surface area contributed by atoms with Crippen LogP contribution in [-0.4, -0.2) is 38.9 Å². The number of carbonyl (C=O) groups excluding carboxylic acids is 1.